The Kier molecular flexibility index (Phi) is 7.51. The molecule has 0 saturated heterocycles. The van der Waals surface area contributed by atoms with Crippen LogP contribution >= 0.6 is 23.1 Å². The molecule has 2 aromatic carbocycles. The number of sulfonamides is 1. The average Bonchev–Trinajstić information content (AvgIpc) is 3.16. The second kappa shape index (κ2) is 9.91. The van der Waals surface area contributed by atoms with E-state index in [-0.39, 0.29) is 22.6 Å². The van der Waals surface area contributed by atoms with Crippen molar-refractivity contribution in [1.82, 2.24) is 14.6 Å². The van der Waals surface area contributed by atoms with Crippen LogP contribution < -0.4 is 5.32 Å². The molecule has 0 aliphatic rings. The minimum atomic E-state index is -3.48. The van der Waals surface area contributed by atoms with Gasteiger partial charge in [0.2, 0.25) is 15.9 Å². The normalized spacial score (nSPS) is 12.9. The SMILES string of the molecule is CCN(CC)S(=O)(=O)c1ccc(C(C)NC(=O)CSc2nc3ccccc3s2)cc1. The van der Waals surface area contributed by atoms with Crippen LogP contribution in [0.25, 0.3) is 10.2 Å². The minimum Gasteiger partial charge on any atom is -0.349 e. The third kappa shape index (κ3) is 5.21. The number of thioether (sulfide) groups is 1. The number of rotatable bonds is 9. The van der Waals surface area contributed by atoms with Gasteiger partial charge in [0.05, 0.1) is 26.9 Å². The molecule has 1 unspecified atom stereocenters. The van der Waals surface area contributed by atoms with E-state index < -0.39 is 10.0 Å². The summed E-state index contributed by atoms with van der Waals surface area (Å²) in [6.07, 6.45) is 0. The highest BCUT2D eigenvalue weighted by molar-refractivity contribution is 8.01. The Balaban J connectivity index is 1.58. The number of fused-ring (bicyclic) bond motifs is 1. The lowest BCUT2D eigenvalue weighted by atomic mass is 10.1. The van der Waals surface area contributed by atoms with E-state index in [1.807, 2.05) is 45.0 Å². The topological polar surface area (TPSA) is 79.4 Å². The standard InChI is InChI=1S/C21H25N3O3S3/c1-4-24(5-2)30(26,27)17-12-10-16(11-13-17)15(3)22-20(25)14-28-21-23-18-8-6-7-9-19(18)29-21/h6-13,15H,4-5,14H2,1-3H3,(H,22,25). The number of benzene rings is 2. The highest BCUT2D eigenvalue weighted by Gasteiger charge is 2.21. The number of nitrogens with zero attached hydrogens (tertiary/aromatic N) is 2. The van der Waals surface area contributed by atoms with Crippen molar-refractivity contribution in [2.24, 2.45) is 0 Å². The first-order valence-corrected chi connectivity index (χ1v) is 13.0. The van der Waals surface area contributed by atoms with Crippen molar-refractivity contribution < 1.29 is 13.2 Å². The summed E-state index contributed by atoms with van der Waals surface area (Å²) >= 11 is 2.99. The second-order valence-electron chi connectivity index (χ2n) is 6.68. The molecule has 160 valence electrons. The lowest BCUT2D eigenvalue weighted by molar-refractivity contribution is -0.119. The molecule has 6 nitrogen and oxygen atoms in total. The number of thiazole rings is 1. The van der Waals surface area contributed by atoms with E-state index in [9.17, 15) is 13.2 Å². The molecule has 0 fully saturated rings. The second-order valence-corrected chi connectivity index (χ2v) is 10.9. The summed E-state index contributed by atoms with van der Waals surface area (Å²) in [4.78, 5) is 17.1. The van der Waals surface area contributed by atoms with Crippen molar-refractivity contribution in [3.63, 3.8) is 0 Å². The van der Waals surface area contributed by atoms with Crippen LogP contribution in [-0.2, 0) is 14.8 Å². The van der Waals surface area contributed by atoms with Crippen molar-refractivity contribution in [3.05, 3.63) is 54.1 Å². The van der Waals surface area contributed by atoms with Gasteiger partial charge in [-0.1, -0.05) is 49.9 Å². The Morgan fingerprint density at radius 3 is 2.43 bits per heavy atom. The third-order valence-electron chi connectivity index (χ3n) is 4.70. The predicted octanol–water partition coefficient (Wildman–Crippen LogP) is 4.30. The molecular weight excluding hydrogens is 438 g/mol. The lowest BCUT2D eigenvalue weighted by Crippen LogP contribution is -2.30. The summed E-state index contributed by atoms with van der Waals surface area (Å²) in [5.41, 5.74) is 1.80. The van der Waals surface area contributed by atoms with Crippen molar-refractivity contribution in [2.45, 2.75) is 36.0 Å². The summed E-state index contributed by atoms with van der Waals surface area (Å²) < 4.78 is 28.6. The number of aromatic nitrogens is 1. The molecule has 1 heterocycles. The van der Waals surface area contributed by atoms with E-state index >= 15 is 0 Å². The Hall–Kier alpha value is -1.94. The van der Waals surface area contributed by atoms with Gasteiger partial charge in [-0.3, -0.25) is 4.79 Å². The fourth-order valence-corrected chi connectivity index (χ4v) is 6.39. The number of para-hydroxylation sites is 1. The van der Waals surface area contributed by atoms with Gasteiger partial charge in [-0.2, -0.15) is 4.31 Å². The zero-order chi connectivity index (χ0) is 21.7. The van der Waals surface area contributed by atoms with Gasteiger partial charge in [0, 0.05) is 13.1 Å². The molecule has 3 rings (SSSR count). The van der Waals surface area contributed by atoms with Crippen LogP contribution in [0.2, 0.25) is 0 Å². The van der Waals surface area contributed by atoms with Gasteiger partial charge in [0.25, 0.3) is 0 Å². The summed E-state index contributed by atoms with van der Waals surface area (Å²) in [6, 6.07) is 14.4. The molecule has 0 radical (unpaired) electrons. The summed E-state index contributed by atoms with van der Waals surface area (Å²) in [5, 5.41) is 2.96. The van der Waals surface area contributed by atoms with Crippen LogP contribution in [0.3, 0.4) is 0 Å². The fraction of sp³-hybridized carbons (Fsp3) is 0.333. The molecule has 0 aliphatic heterocycles. The zero-order valence-electron chi connectivity index (χ0n) is 17.2. The monoisotopic (exact) mass is 463 g/mol. The van der Waals surface area contributed by atoms with E-state index in [1.165, 1.54) is 16.1 Å². The van der Waals surface area contributed by atoms with Gasteiger partial charge in [-0.25, -0.2) is 13.4 Å². The maximum atomic E-state index is 12.6. The minimum absolute atomic E-state index is 0.0911. The van der Waals surface area contributed by atoms with Gasteiger partial charge >= 0.3 is 0 Å². The van der Waals surface area contributed by atoms with E-state index in [0.29, 0.717) is 13.1 Å². The van der Waals surface area contributed by atoms with Crippen molar-refractivity contribution in [1.29, 1.82) is 0 Å². The molecular formula is C21H25N3O3S3. The first kappa shape index (κ1) is 22.7. The lowest BCUT2D eigenvalue weighted by Gasteiger charge is -2.19. The maximum Gasteiger partial charge on any atom is 0.243 e. The average molecular weight is 464 g/mol. The fourth-order valence-electron chi connectivity index (χ4n) is 3.05. The molecule has 1 aromatic heterocycles. The molecule has 1 N–H and O–H groups in total. The van der Waals surface area contributed by atoms with Crippen LogP contribution in [0.1, 0.15) is 32.4 Å². The molecule has 9 heteroatoms. The molecule has 30 heavy (non-hydrogen) atoms. The number of carbonyl (C=O) groups excluding carboxylic acids is 1. The number of amides is 1. The molecule has 0 saturated carbocycles. The third-order valence-corrected chi connectivity index (χ3v) is 8.95. The first-order valence-electron chi connectivity index (χ1n) is 9.73. The van der Waals surface area contributed by atoms with E-state index in [4.69, 9.17) is 0 Å². The Morgan fingerprint density at radius 2 is 1.80 bits per heavy atom. The van der Waals surface area contributed by atoms with Crippen molar-refractivity contribution in [2.75, 3.05) is 18.8 Å². The van der Waals surface area contributed by atoms with E-state index in [0.717, 1.165) is 20.1 Å². The van der Waals surface area contributed by atoms with Gasteiger partial charge < -0.3 is 5.32 Å². The van der Waals surface area contributed by atoms with Gasteiger partial charge in [-0.05, 0) is 36.8 Å². The number of hydrogen-bond donors (Lipinski definition) is 1. The van der Waals surface area contributed by atoms with Gasteiger partial charge in [-0.15, -0.1) is 11.3 Å². The molecule has 0 aliphatic carbocycles. The van der Waals surface area contributed by atoms with Crippen LogP contribution in [-0.4, -0.2) is 42.5 Å². The van der Waals surface area contributed by atoms with Gasteiger partial charge in [0.1, 0.15) is 0 Å². The smallest absolute Gasteiger partial charge is 0.243 e. The van der Waals surface area contributed by atoms with Gasteiger partial charge in [0.15, 0.2) is 4.34 Å². The van der Waals surface area contributed by atoms with Crippen molar-refractivity contribution in [3.8, 4) is 0 Å². The molecule has 0 bridgehead atoms. The zero-order valence-corrected chi connectivity index (χ0v) is 19.6. The maximum absolute atomic E-state index is 12.6. The summed E-state index contributed by atoms with van der Waals surface area (Å²) in [6.45, 7) is 6.38. The summed E-state index contributed by atoms with van der Waals surface area (Å²) in [5.74, 6) is 0.185. The van der Waals surface area contributed by atoms with Crippen LogP contribution in [0.15, 0.2) is 57.8 Å². The Morgan fingerprint density at radius 1 is 1.13 bits per heavy atom. The highest BCUT2D eigenvalue weighted by atomic mass is 32.2. The van der Waals surface area contributed by atoms with E-state index in [2.05, 4.69) is 10.3 Å². The number of nitrogens with one attached hydrogen (secondary N) is 1. The van der Waals surface area contributed by atoms with E-state index in [1.54, 1.807) is 35.6 Å². The molecule has 0 spiro atoms. The van der Waals surface area contributed by atoms with Crippen LogP contribution in [0.4, 0.5) is 0 Å². The molecule has 1 atom stereocenters. The number of carbonyl (C=O) groups is 1. The highest BCUT2D eigenvalue weighted by Crippen LogP contribution is 2.29. The summed E-state index contributed by atoms with van der Waals surface area (Å²) in [7, 11) is -3.48. The molecule has 1 amide bonds. The Labute approximate surface area is 185 Å². The van der Waals surface area contributed by atoms with Crippen LogP contribution in [0, 0.1) is 0 Å². The van der Waals surface area contributed by atoms with Crippen molar-refractivity contribution >= 4 is 49.2 Å². The predicted molar refractivity (Wildman–Crippen MR) is 123 cm³/mol. The van der Waals surface area contributed by atoms with Crippen LogP contribution in [0.5, 0.6) is 0 Å². The number of hydrogen-bond acceptors (Lipinski definition) is 6. The first-order chi connectivity index (χ1) is 14.3. The molecule has 3 aromatic rings. The Bertz CT molecular complexity index is 1070. The largest absolute Gasteiger partial charge is 0.349 e. The quantitative estimate of drug-likeness (QED) is 0.479.